The Balaban J connectivity index is 4.16. The van der Waals surface area contributed by atoms with Gasteiger partial charge in [-0.1, -0.05) is 237 Å². The zero-order chi connectivity index (χ0) is 47.8. The Kier molecular flexibility index (Phi) is 46.8. The fraction of sp³-hybridized carbons (Fsp3) is 0.875. The number of hydrogen-bond acceptors (Lipinski definition) is 5. The van der Waals surface area contributed by atoms with Crippen molar-refractivity contribution < 1.29 is 32.9 Å². The third kappa shape index (κ3) is 50.4. The highest BCUT2D eigenvalue weighted by Gasteiger charge is 2.27. The standard InChI is InChI=1S/C56H109N2O6P/c1-6-8-10-12-14-16-18-20-22-23-24-25-26-27-28-29-30-31-32-33-34-36-38-40-42-44-46-48-50-56(60)57-54(53-64-65(61,62)63-52-51-58(3,4)5)55(59)49-47-45-43-41-39-37-35-21-19-17-15-13-11-9-7-2/h27-28,39,41,47,49,54-55,59H,6-26,29-38,40,42-46,48,50-53H2,1-5H3,(H-,57,60,61,62)/p+1/b28-27-,41-39+,49-47+. The number of nitrogens with zero attached hydrogens (tertiary/aromatic N) is 1. The molecule has 3 N–H and O–H groups in total. The molecule has 9 heteroatoms. The lowest BCUT2D eigenvalue weighted by Gasteiger charge is -2.25. The number of quaternary nitrogens is 1. The van der Waals surface area contributed by atoms with Crippen LogP contribution in [0.25, 0.3) is 0 Å². The second-order valence-electron chi connectivity index (χ2n) is 20.3. The zero-order valence-corrected chi connectivity index (χ0v) is 44.6. The van der Waals surface area contributed by atoms with Gasteiger partial charge in [0.15, 0.2) is 0 Å². The molecule has 0 fully saturated rings. The lowest BCUT2D eigenvalue weighted by Crippen LogP contribution is -2.45. The summed E-state index contributed by atoms with van der Waals surface area (Å²) in [5, 5.41) is 13.9. The minimum atomic E-state index is -4.35. The highest BCUT2D eigenvalue weighted by atomic mass is 31.2. The molecule has 0 aliphatic carbocycles. The highest BCUT2D eigenvalue weighted by Crippen LogP contribution is 2.43. The second-order valence-corrected chi connectivity index (χ2v) is 21.8. The largest absolute Gasteiger partial charge is 0.472 e. The van der Waals surface area contributed by atoms with Gasteiger partial charge in [0.1, 0.15) is 13.2 Å². The number of carbonyl (C=O) groups excluding carboxylic acids is 1. The van der Waals surface area contributed by atoms with E-state index >= 15 is 0 Å². The Morgan fingerprint density at radius 1 is 0.508 bits per heavy atom. The number of aliphatic hydroxyl groups is 1. The predicted octanol–water partition coefficient (Wildman–Crippen LogP) is 16.6. The molecule has 0 spiro atoms. The first-order valence-electron chi connectivity index (χ1n) is 27.9. The van der Waals surface area contributed by atoms with Gasteiger partial charge in [-0.3, -0.25) is 13.8 Å². The molecule has 0 aliphatic heterocycles. The molecule has 0 rings (SSSR count). The Hall–Kier alpha value is -1.28. The number of aliphatic hydroxyl groups excluding tert-OH is 1. The molecule has 1 amide bonds. The van der Waals surface area contributed by atoms with Crippen molar-refractivity contribution >= 4 is 13.7 Å². The number of hydrogen-bond donors (Lipinski definition) is 3. The molecule has 0 bridgehead atoms. The van der Waals surface area contributed by atoms with E-state index in [2.05, 4.69) is 43.5 Å². The second kappa shape index (κ2) is 47.8. The van der Waals surface area contributed by atoms with Gasteiger partial charge < -0.3 is 19.8 Å². The van der Waals surface area contributed by atoms with Gasteiger partial charge in [0.05, 0.1) is 39.9 Å². The van der Waals surface area contributed by atoms with Gasteiger partial charge in [-0.05, 0) is 57.8 Å². The monoisotopic (exact) mass is 938 g/mol. The summed E-state index contributed by atoms with van der Waals surface area (Å²) in [5.41, 5.74) is 0. The number of likely N-dealkylation sites (N-methyl/N-ethyl adjacent to an activating group) is 1. The molecule has 0 aliphatic rings. The van der Waals surface area contributed by atoms with Crippen molar-refractivity contribution in [2.45, 2.75) is 276 Å². The Labute approximate surface area is 404 Å². The van der Waals surface area contributed by atoms with Crippen molar-refractivity contribution in [2.24, 2.45) is 0 Å². The van der Waals surface area contributed by atoms with E-state index in [0.29, 0.717) is 17.4 Å². The van der Waals surface area contributed by atoms with Crippen molar-refractivity contribution in [1.29, 1.82) is 0 Å². The van der Waals surface area contributed by atoms with Crippen molar-refractivity contribution in [1.82, 2.24) is 5.32 Å². The summed E-state index contributed by atoms with van der Waals surface area (Å²) in [7, 11) is 1.56. The molecule has 3 unspecified atom stereocenters. The van der Waals surface area contributed by atoms with E-state index in [0.717, 1.165) is 38.5 Å². The fourth-order valence-corrected chi connectivity index (χ4v) is 8.91. The summed E-state index contributed by atoms with van der Waals surface area (Å²) in [6.07, 6.45) is 61.1. The van der Waals surface area contributed by atoms with Crippen LogP contribution in [0.4, 0.5) is 0 Å². The van der Waals surface area contributed by atoms with Crippen molar-refractivity contribution in [3.8, 4) is 0 Å². The minimum Gasteiger partial charge on any atom is -0.387 e. The third-order valence-electron chi connectivity index (χ3n) is 12.6. The molecule has 384 valence electrons. The molecule has 0 saturated carbocycles. The lowest BCUT2D eigenvalue weighted by atomic mass is 10.0. The van der Waals surface area contributed by atoms with E-state index in [1.165, 1.54) is 205 Å². The van der Waals surface area contributed by atoms with Crippen LogP contribution in [0.1, 0.15) is 264 Å². The fourth-order valence-electron chi connectivity index (χ4n) is 8.17. The summed E-state index contributed by atoms with van der Waals surface area (Å²) in [6, 6.07) is -0.862. The average molecular weight is 938 g/mol. The lowest BCUT2D eigenvalue weighted by molar-refractivity contribution is -0.870. The molecule has 0 radical (unpaired) electrons. The van der Waals surface area contributed by atoms with Crippen molar-refractivity contribution in [2.75, 3.05) is 40.9 Å². The van der Waals surface area contributed by atoms with Crippen LogP contribution in [0, 0.1) is 0 Å². The van der Waals surface area contributed by atoms with Crippen LogP contribution in [0.15, 0.2) is 36.5 Å². The average Bonchev–Trinajstić information content (AvgIpc) is 3.26. The Bertz CT molecular complexity index is 1150. The maximum atomic E-state index is 12.9. The summed E-state index contributed by atoms with van der Waals surface area (Å²) in [6.45, 7) is 4.81. The summed E-state index contributed by atoms with van der Waals surface area (Å²) >= 11 is 0. The van der Waals surface area contributed by atoms with Gasteiger partial charge in [0.2, 0.25) is 5.91 Å². The van der Waals surface area contributed by atoms with Crippen LogP contribution in [-0.2, 0) is 18.4 Å². The first-order chi connectivity index (χ1) is 31.5. The maximum absolute atomic E-state index is 12.9. The number of allylic oxidation sites excluding steroid dienone is 5. The predicted molar refractivity (Wildman–Crippen MR) is 281 cm³/mol. The molecule has 0 heterocycles. The van der Waals surface area contributed by atoms with E-state index < -0.39 is 20.0 Å². The van der Waals surface area contributed by atoms with E-state index in [9.17, 15) is 19.4 Å². The van der Waals surface area contributed by atoms with E-state index in [1.54, 1.807) is 6.08 Å². The molecule has 0 aromatic rings. The number of rotatable bonds is 51. The summed E-state index contributed by atoms with van der Waals surface area (Å²) in [4.78, 5) is 23.2. The van der Waals surface area contributed by atoms with Crippen molar-refractivity contribution in [3.05, 3.63) is 36.5 Å². The zero-order valence-electron chi connectivity index (χ0n) is 43.7. The number of phosphoric acid groups is 1. The molecule has 0 aromatic heterocycles. The topological polar surface area (TPSA) is 105 Å². The highest BCUT2D eigenvalue weighted by molar-refractivity contribution is 7.47. The maximum Gasteiger partial charge on any atom is 0.472 e. The van der Waals surface area contributed by atoms with Gasteiger partial charge in [-0.25, -0.2) is 4.57 Å². The molecule has 0 saturated heterocycles. The van der Waals surface area contributed by atoms with Gasteiger partial charge >= 0.3 is 7.82 Å². The molecule has 0 aromatic carbocycles. The molecular formula is C56H110N2O6P+. The molecule has 8 nitrogen and oxygen atoms in total. The minimum absolute atomic E-state index is 0.0568. The van der Waals surface area contributed by atoms with Crippen LogP contribution in [0.3, 0.4) is 0 Å². The Morgan fingerprint density at radius 2 is 0.846 bits per heavy atom. The van der Waals surface area contributed by atoms with Crippen LogP contribution in [0.5, 0.6) is 0 Å². The molecular weight excluding hydrogens is 828 g/mol. The van der Waals surface area contributed by atoms with Gasteiger partial charge in [-0.2, -0.15) is 0 Å². The smallest absolute Gasteiger partial charge is 0.387 e. The normalized spacial score (nSPS) is 14.3. The number of carbonyl (C=O) groups is 1. The van der Waals surface area contributed by atoms with E-state index in [4.69, 9.17) is 9.05 Å². The SMILES string of the molecule is CCCCCCCCCCC/C=C/CC/C=C/C(O)C(COP(=O)(O)OCC[N+](C)(C)C)NC(=O)CCCCCCCCCCCCCC/C=C\CCCCCCCCCCCCCC. The first-order valence-corrected chi connectivity index (χ1v) is 29.4. The number of phosphoric ester groups is 1. The van der Waals surface area contributed by atoms with E-state index in [1.807, 2.05) is 27.2 Å². The summed E-state index contributed by atoms with van der Waals surface area (Å²) in [5.74, 6) is -0.185. The van der Waals surface area contributed by atoms with Crippen LogP contribution < -0.4 is 5.32 Å². The number of amides is 1. The van der Waals surface area contributed by atoms with Crippen molar-refractivity contribution in [3.63, 3.8) is 0 Å². The van der Waals surface area contributed by atoms with E-state index in [-0.39, 0.29) is 19.1 Å². The van der Waals surface area contributed by atoms with Gasteiger partial charge in [-0.15, -0.1) is 0 Å². The quantitative estimate of drug-likeness (QED) is 0.0243. The van der Waals surface area contributed by atoms with Gasteiger partial charge in [0, 0.05) is 6.42 Å². The molecule has 65 heavy (non-hydrogen) atoms. The van der Waals surface area contributed by atoms with Crippen LogP contribution >= 0.6 is 7.82 Å². The Morgan fingerprint density at radius 3 is 1.23 bits per heavy atom. The van der Waals surface area contributed by atoms with Crippen LogP contribution in [0.2, 0.25) is 0 Å². The molecule has 3 atom stereocenters. The summed E-state index contributed by atoms with van der Waals surface area (Å²) < 4.78 is 23.6. The first kappa shape index (κ1) is 63.7. The number of nitrogens with one attached hydrogen (secondary N) is 1. The third-order valence-corrected chi connectivity index (χ3v) is 13.6. The van der Waals surface area contributed by atoms with Gasteiger partial charge in [0.25, 0.3) is 0 Å². The van der Waals surface area contributed by atoms with Crippen LogP contribution in [-0.4, -0.2) is 73.4 Å². The number of unbranched alkanes of at least 4 members (excludes halogenated alkanes) is 34.